The molecule has 132 valence electrons. The number of halogens is 1. The number of benzene rings is 1. The normalized spacial score (nSPS) is 23.9. The number of nitrogens with zero attached hydrogens (tertiary/aromatic N) is 3. The van der Waals surface area contributed by atoms with Crippen LogP contribution in [0.1, 0.15) is 37.3 Å². The van der Waals surface area contributed by atoms with Crippen LogP contribution in [0.2, 0.25) is 0 Å². The molecule has 1 atom stereocenters. The van der Waals surface area contributed by atoms with Crippen LogP contribution < -0.4 is 0 Å². The highest BCUT2D eigenvalue weighted by atomic mass is 19.1. The van der Waals surface area contributed by atoms with Crippen LogP contribution in [0.15, 0.2) is 24.3 Å². The molecule has 4 nitrogen and oxygen atoms in total. The van der Waals surface area contributed by atoms with Crippen molar-refractivity contribution in [2.45, 2.75) is 31.7 Å². The summed E-state index contributed by atoms with van der Waals surface area (Å²) >= 11 is 0. The van der Waals surface area contributed by atoms with Crippen LogP contribution in [0.5, 0.6) is 0 Å². The quantitative estimate of drug-likeness (QED) is 0.850. The molecule has 1 aromatic rings. The maximum Gasteiger partial charge on any atom is 0.236 e. The number of carbonyl (C=O) groups excluding carboxylic acids is 1. The van der Waals surface area contributed by atoms with Crippen molar-refractivity contribution in [3.8, 4) is 0 Å². The number of hydrogen-bond acceptors (Lipinski definition) is 3. The molecule has 2 aliphatic heterocycles. The Bertz CT molecular complexity index is 557. The molecular weight excluding hydrogens is 305 g/mol. The number of hydrogen-bond donors (Lipinski definition) is 0. The second-order valence-corrected chi connectivity index (χ2v) is 7.07. The van der Waals surface area contributed by atoms with Crippen molar-refractivity contribution in [1.29, 1.82) is 0 Å². The third-order valence-corrected chi connectivity index (χ3v) is 5.29. The molecule has 2 aliphatic rings. The van der Waals surface area contributed by atoms with Crippen molar-refractivity contribution in [1.82, 2.24) is 14.7 Å². The molecule has 0 N–H and O–H groups in total. The minimum atomic E-state index is -0.193. The van der Waals surface area contributed by atoms with Crippen LogP contribution in [0.3, 0.4) is 0 Å². The van der Waals surface area contributed by atoms with Crippen LogP contribution in [0, 0.1) is 5.82 Å². The van der Waals surface area contributed by atoms with E-state index in [1.807, 2.05) is 11.0 Å². The largest absolute Gasteiger partial charge is 0.339 e. The third kappa shape index (κ3) is 4.33. The number of likely N-dealkylation sites (tertiary alicyclic amines) is 1. The molecule has 0 saturated carbocycles. The van der Waals surface area contributed by atoms with Crippen LogP contribution >= 0.6 is 0 Å². The van der Waals surface area contributed by atoms with E-state index in [0.717, 1.165) is 57.5 Å². The van der Waals surface area contributed by atoms with Gasteiger partial charge in [0, 0.05) is 32.2 Å². The van der Waals surface area contributed by atoms with Gasteiger partial charge in [-0.05, 0) is 44.1 Å². The lowest BCUT2D eigenvalue weighted by Crippen LogP contribution is -2.50. The van der Waals surface area contributed by atoms with Crippen molar-refractivity contribution in [3.63, 3.8) is 0 Å². The van der Waals surface area contributed by atoms with E-state index >= 15 is 0 Å². The Labute approximate surface area is 144 Å². The zero-order valence-corrected chi connectivity index (χ0v) is 14.6. The molecule has 3 rings (SSSR count). The SMILES string of the molecule is CN1CCN(C(=O)CN2CCCCC[C@@H]2c2cccc(F)c2)CC1. The average Bonchev–Trinajstić information content (AvgIpc) is 2.81. The average molecular weight is 333 g/mol. The Morgan fingerprint density at radius 3 is 2.67 bits per heavy atom. The zero-order chi connectivity index (χ0) is 16.9. The van der Waals surface area contributed by atoms with Crippen molar-refractivity contribution < 1.29 is 9.18 Å². The summed E-state index contributed by atoms with van der Waals surface area (Å²) in [6.07, 6.45) is 4.44. The zero-order valence-electron chi connectivity index (χ0n) is 14.6. The van der Waals surface area contributed by atoms with Crippen molar-refractivity contribution in [2.75, 3.05) is 46.3 Å². The fourth-order valence-corrected chi connectivity index (χ4v) is 3.78. The molecule has 1 amide bonds. The minimum Gasteiger partial charge on any atom is -0.339 e. The highest BCUT2D eigenvalue weighted by molar-refractivity contribution is 5.78. The summed E-state index contributed by atoms with van der Waals surface area (Å²) in [6.45, 7) is 4.88. The van der Waals surface area contributed by atoms with Gasteiger partial charge in [-0.25, -0.2) is 4.39 Å². The van der Waals surface area contributed by atoms with Gasteiger partial charge in [-0.1, -0.05) is 25.0 Å². The summed E-state index contributed by atoms with van der Waals surface area (Å²) in [5.74, 6) is 0.0218. The lowest BCUT2D eigenvalue weighted by molar-refractivity contribution is -0.134. The first-order chi connectivity index (χ1) is 11.6. The summed E-state index contributed by atoms with van der Waals surface area (Å²) in [7, 11) is 2.09. The number of piperazine rings is 1. The van der Waals surface area contributed by atoms with E-state index in [9.17, 15) is 9.18 Å². The second kappa shape index (κ2) is 8.08. The van der Waals surface area contributed by atoms with E-state index in [1.54, 1.807) is 12.1 Å². The first-order valence-corrected chi connectivity index (χ1v) is 9.09. The van der Waals surface area contributed by atoms with E-state index < -0.39 is 0 Å². The van der Waals surface area contributed by atoms with Crippen LogP contribution in [-0.4, -0.2) is 66.9 Å². The van der Waals surface area contributed by atoms with Gasteiger partial charge in [0.05, 0.1) is 6.54 Å². The molecule has 1 aromatic carbocycles. The van der Waals surface area contributed by atoms with Gasteiger partial charge in [0.15, 0.2) is 0 Å². The van der Waals surface area contributed by atoms with E-state index in [1.165, 1.54) is 12.5 Å². The Morgan fingerprint density at radius 1 is 1.12 bits per heavy atom. The fraction of sp³-hybridized carbons (Fsp3) is 0.632. The molecule has 5 heteroatoms. The number of rotatable bonds is 3. The first kappa shape index (κ1) is 17.4. The lowest BCUT2D eigenvalue weighted by Gasteiger charge is -2.35. The molecule has 0 aliphatic carbocycles. The highest BCUT2D eigenvalue weighted by Gasteiger charge is 2.27. The Hall–Kier alpha value is -1.46. The van der Waals surface area contributed by atoms with Crippen LogP contribution in [0.4, 0.5) is 4.39 Å². The summed E-state index contributed by atoms with van der Waals surface area (Å²) in [6, 6.07) is 7.03. The Morgan fingerprint density at radius 2 is 1.92 bits per heavy atom. The highest BCUT2D eigenvalue weighted by Crippen LogP contribution is 2.30. The topological polar surface area (TPSA) is 26.8 Å². The fourth-order valence-electron chi connectivity index (χ4n) is 3.78. The van der Waals surface area contributed by atoms with Gasteiger partial charge in [0.1, 0.15) is 5.82 Å². The molecule has 24 heavy (non-hydrogen) atoms. The molecule has 2 saturated heterocycles. The van der Waals surface area contributed by atoms with Crippen molar-refractivity contribution in [2.24, 2.45) is 0 Å². The van der Waals surface area contributed by atoms with E-state index in [-0.39, 0.29) is 17.8 Å². The van der Waals surface area contributed by atoms with Gasteiger partial charge in [-0.3, -0.25) is 9.69 Å². The monoisotopic (exact) mass is 333 g/mol. The van der Waals surface area contributed by atoms with Gasteiger partial charge in [0.2, 0.25) is 5.91 Å². The molecule has 0 bridgehead atoms. The van der Waals surface area contributed by atoms with Gasteiger partial charge in [-0.2, -0.15) is 0 Å². The molecule has 2 fully saturated rings. The van der Waals surface area contributed by atoms with E-state index in [0.29, 0.717) is 6.54 Å². The maximum absolute atomic E-state index is 13.6. The molecule has 0 unspecified atom stereocenters. The van der Waals surface area contributed by atoms with Crippen molar-refractivity contribution in [3.05, 3.63) is 35.6 Å². The first-order valence-electron chi connectivity index (χ1n) is 9.09. The number of carbonyl (C=O) groups is 1. The second-order valence-electron chi connectivity index (χ2n) is 7.07. The predicted octanol–water partition coefficient (Wildman–Crippen LogP) is 2.52. The predicted molar refractivity (Wildman–Crippen MR) is 93.3 cm³/mol. The number of likely N-dealkylation sites (N-methyl/N-ethyl adjacent to an activating group) is 1. The van der Waals surface area contributed by atoms with E-state index in [2.05, 4.69) is 16.8 Å². The van der Waals surface area contributed by atoms with Gasteiger partial charge in [-0.15, -0.1) is 0 Å². The molecular formula is C19H28FN3O. The summed E-state index contributed by atoms with van der Waals surface area (Å²) < 4.78 is 13.6. The van der Waals surface area contributed by atoms with Crippen LogP contribution in [0.25, 0.3) is 0 Å². The summed E-state index contributed by atoms with van der Waals surface area (Å²) in [5.41, 5.74) is 1.00. The Balaban J connectivity index is 1.69. The van der Waals surface area contributed by atoms with Gasteiger partial charge >= 0.3 is 0 Å². The Kier molecular flexibility index (Phi) is 5.85. The van der Waals surface area contributed by atoms with E-state index in [4.69, 9.17) is 0 Å². The summed E-state index contributed by atoms with van der Waals surface area (Å²) in [4.78, 5) is 19.2. The van der Waals surface area contributed by atoms with Crippen LogP contribution in [-0.2, 0) is 4.79 Å². The minimum absolute atomic E-state index is 0.152. The molecule has 0 aromatic heterocycles. The molecule has 0 spiro atoms. The van der Waals surface area contributed by atoms with Gasteiger partial charge in [0.25, 0.3) is 0 Å². The third-order valence-electron chi connectivity index (χ3n) is 5.29. The van der Waals surface area contributed by atoms with Crippen molar-refractivity contribution >= 4 is 5.91 Å². The smallest absolute Gasteiger partial charge is 0.236 e. The molecule has 2 heterocycles. The lowest BCUT2D eigenvalue weighted by atomic mass is 10.0. The van der Waals surface area contributed by atoms with Gasteiger partial charge < -0.3 is 9.80 Å². The molecule has 0 radical (unpaired) electrons. The number of amides is 1. The maximum atomic E-state index is 13.6. The standard InChI is InChI=1S/C19H28FN3O/c1-21-10-12-22(13-11-21)19(24)15-23-9-4-2-3-8-18(23)16-6-5-7-17(20)14-16/h5-7,14,18H,2-4,8-13,15H2,1H3/t18-/m1/s1. The summed E-state index contributed by atoms with van der Waals surface area (Å²) in [5, 5.41) is 0.